The van der Waals surface area contributed by atoms with Gasteiger partial charge in [-0.05, 0) is 43.9 Å². The lowest BCUT2D eigenvalue weighted by atomic mass is 9.84. The highest BCUT2D eigenvalue weighted by Crippen LogP contribution is 2.44. The number of halogens is 2. The van der Waals surface area contributed by atoms with E-state index in [2.05, 4.69) is 4.98 Å². The number of carboxylic acids is 1. The summed E-state index contributed by atoms with van der Waals surface area (Å²) in [6.45, 7) is 2.43. The second-order valence-corrected chi connectivity index (χ2v) is 6.90. The molecule has 3 rings (SSSR count). The summed E-state index contributed by atoms with van der Waals surface area (Å²) in [5.74, 6) is -0.883. The van der Waals surface area contributed by atoms with Gasteiger partial charge >= 0.3 is 5.97 Å². The first-order chi connectivity index (χ1) is 11.5. The first-order valence-electron chi connectivity index (χ1n) is 7.94. The van der Waals surface area contributed by atoms with Gasteiger partial charge in [-0.25, -0.2) is 0 Å². The molecule has 1 atom stereocenters. The van der Waals surface area contributed by atoms with E-state index in [1.54, 1.807) is 6.07 Å². The van der Waals surface area contributed by atoms with E-state index in [0.717, 1.165) is 28.6 Å². The summed E-state index contributed by atoms with van der Waals surface area (Å²) in [5, 5.41) is 11.5. The molecule has 2 aromatic rings. The zero-order chi connectivity index (χ0) is 17.3. The minimum Gasteiger partial charge on any atom is -0.481 e. The zero-order valence-corrected chi connectivity index (χ0v) is 14.9. The number of hydrogen-bond donors (Lipinski definition) is 2. The number of fused-ring (bicyclic) bond motifs is 3. The summed E-state index contributed by atoms with van der Waals surface area (Å²) >= 11 is 12.5. The predicted octanol–water partition coefficient (Wildman–Crippen LogP) is 5.07. The van der Waals surface area contributed by atoms with Gasteiger partial charge in [0.1, 0.15) is 5.60 Å². The van der Waals surface area contributed by atoms with Crippen LogP contribution in [0.5, 0.6) is 0 Å². The molecular weight excluding hydrogens is 349 g/mol. The average Bonchev–Trinajstić information content (AvgIpc) is 2.88. The predicted molar refractivity (Wildman–Crippen MR) is 96.0 cm³/mol. The molecule has 0 saturated carbocycles. The van der Waals surface area contributed by atoms with Crippen LogP contribution < -0.4 is 0 Å². The Balaban J connectivity index is 2.17. The first-order valence-corrected chi connectivity index (χ1v) is 8.69. The molecule has 0 fully saturated rings. The van der Waals surface area contributed by atoms with Crippen molar-refractivity contribution in [3.63, 3.8) is 0 Å². The number of aromatic amines is 1. The maximum absolute atomic E-state index is 11.5. The Morgan fingerprint density at radius 1 is 1.46 bits per heavy atom. The molecule has 0 radical (unpaired) electrons. The highest BCUT2D eigenvalue weighted by molar-refractivity contribution is 6.38. The highest BCUT2D eigenvalue weighted by atomic mass is 35.5. The Kier molecular flexibility index (Phi) is 4.90. The SMILES string of the molecule is C/C=C/CCC1(CC(=O)O)OCCc2c1[nH]c1c(Cl)cc(Cl)cc21. The van der Waals surface area contributed by atoms with Crippen molar-refractivity contribution in [1.29, 1.82) is 0 Å². The van der Waals surface area contributed by atoms with Crippen LogP contribution in [0.15, 0.2) is 24.3 Å². The van der Waals surface area contributed by atoms with Gasteiger partial charge in [0.2, 0.25) is 0 Å². The van der Waals surface area contributed by atoms with Crippen LogP contribution in [0.1, 0.15) is 37.4 Å². The van der Waals surface area contributed by atoms with E-state index in [4.69, 9.17) is 27.9 Å². The van der Waals surface area contributed by atoms with Gasteiger partial charge in [-0.3, -0.25) is 4.79 Å². The first kappa shape index (κ1) is 17.3. The number of hydrogen-bond acceptors (Lipinski definition) is 2. The molecule has 2 N–H and O–H groups in total. The van der Waals surface area contributed by atoms with Gasteiger partial charge < -0.3 is 14.8 Å². The van der Waals surface area contributed by atoms with Crippen LogP contribution in [0.4, 0.5) is 0 Å². The van der Waals surface area contributed by atoms with Crippen LogP contribution in [0.2, 0.25) is 10.0 Å². The van der Waals surface area contributed by atoms with Crippen LogP contribution in [0, 0.1) is 0 Å². The lowest BCUT2D eigenvalue weighted by Gasteiger charge is -2.36. The van der Waals surface area contributed by atoms with Gasteiger partial charge in [-0.1, -0.05) is 35.4 Å². The average molecular weight is 368 g/mol. The Morgan fingerprint density at radius 2 is 2.25 bits per heavy atom. The Labute approximate surface area is 150 Å². The Bertz CT molecular complexity index is 812. The molecule has 1 aliphatic rings. The molecule has 1 aromatic heterocycles. The zero-order valence-electron chi connectivity index (χ0n) is 13.4. The third-order valence-electron chi connectivity index (χ3n) is 4.51. The van der Waals surface area contributed by atoms with E-state index in [-0.39, 0.29) is 6.42 Å². The summed E-state index contributed by atoms with van der Waals surface area (Å²) < 4.78 is 6.03. The summed E-state index contributed by atoms with van der Waals surface area (Å²) in [6, 6.07) is 3.56. The minimum absolute atomic E-state index is 0.0876. The van der Waals surface area contributed by atoms with Gasteiger partial charge in [0.05, 0.1) is 29.3 Å². The molecule has 2 heterocycles. The number of benzene rings is 1. The van der Waals surface area contributed by atoms with Crippen molar-refractivity contribution >= 4 is 40.1 Å². The third-order valence-corrected chi connectivity index (χ3v) is 5.02. The molecule has 6 heteroatoms. The quantitative estimate of drug-likeness (QED) is 0.724. The fraction of sp³-hybridized carbons (Fsp3) is 0.389. The van der Waals surface area contributed by atoms with Gasteiger partial charge in [0.15, 0.2) is 0 Å². The number of ether oxygens (including phenoxy) is 1. The monoisotopic (exact) mass is 367 g/mol. The second kappa shape index (κ2) is 6.79. The van der Waals surface area contributed by atoms with Crippen molar-refractivity contribution in [2.24, 2.45) is 0 Å². The second-order valence-electron chi connectivity index (χ2n) is 6.06. The number of allylic oxidation sites excluding steroid dienone is 2. The van der Waals surface area contributed by atoms with Gasteiger partial charge in [-0.2, -0.15) is 0 Å². The standard InChI is InChI=1S/C18H19Cl2NO3/c1-2-3-4-6-18(10-15(22)23)17-12(5-7-24-18)13-8-11(19)9-14(20)16(13)21-17/h2-3,8-9,21H,4-7,10H2,1H3,(H,22,23)/b3-2+. The van der Waals surface area contributed by atoms with Crippen molar-refractivity contribution in [3.8, 4) is 0 Å². The van der Waals surface area contributed by atoms with Crippen LogP contribution in [0.25, 0.3) is 10.9 Å². The summed E-state index contributed by atoms with van der Waals surface area (Å²) in [6.07, 6.45) is 5.93. The number of aliphatic carboxylic acids is 1. The normalized spacial score (nSPS) is 20.6. The molecule has 128 valence electrons. The Morgan fingerprint density at radius 3 is 2.96 bits per heavy atom. The van der Waals surface area contributed by atoms with Crippen LogP contribution in [-0.4, -0.2) is 22.7 Å². The van der Waals surface area contributed by atoms with Crippen molar-refractivity contribution in [1.82, 2.24) is 4.98 Å². The van der Waals surface area contributed by atoms with Gasteiger partial charge in [-0.15, -0.1) is 0 Å². The molecule has 24 heavy (non-hydrogen) atoms. The number of nitrogens with one attached hydrogen (secondary N) is 1. The van der Waals surface area contributed by atoms with Gasteiger partial charge in [0, 0.05) is 10.4 Å². The summed E-state index contributed by atoms with van der Waals surface area (Å²) in [4.78, 5) is 14.8. The van der Waals surface area contributed by atoms with Crippen molar-refractivity contribution in [3.05, 3.63) is 45.6 Å². The molecule has 0 amide bonds. The number of rotatable bonds is 5. The number of carboxylic acid groups (broad SMARTS) is 1. The van der Waals surface area contributed by atoms with Crippen molar-refractivity contribution < 1.29 is 14.6 Å². The molecule has 0 bridgehead atoms. The van der Waals surface area contributed by atoms with E-state index in [1.165, 1.54) is 0 Å². The summed E-state index contributed by atoms with van der Waals surface area (Å²) in [5.41, 5.74) is 1.80. The number of carbonyl (C=O) groups is 1. The minimum atomic E-state index is -0.883. The van der Waals surface area contributed by atoms with E-state index < -0.39 is 11.6 Å². The van der Waals surface area contributed by atoms with Crippen molar-refractivity contribution in [2.45, 2.75) is 38.2 Å². The van der Waals surface area contributed by atoms with E-state index >= 15 is 0 Å². The highest BCUT2D eigenvalue weighted by Gasteiger charge is 2.41. The lowest BCUT2D eigenvalue weighted by Crippen LogP contribution is -2.37. The molecule has 4 nitrogen and oxygen atoms in total. The van der Waals surface area contributed by atoms with Gasteiger partial charge in [0.25, 0.3) is 0 Å². The largest absolute Gasteiger partial charge is 0.481 e. The molecular formula is C18H19Cl2NO3. The fourth-order valence-corrected chi connectivity index (χ4v) is 4.04. The number of aromatic nitrogens is 1. The maximum Gasteiger partial charge on any atom is 0.306 e. The van der Waals surface area contributed by atoms with Crippen LogP contribution in [0.3, 0.4) is 0 Å². The summed E-state index contributed by atoms with van der Waals surface area (Å²) in [7, 11) is 0. The fourth-order valence-electron chi connectivity index (χ4n) is 3.50. The third kappa shape index (κ3) is 3.06. The van der Waals surface area contributed by atoms with E-state index in [0.29, 0.717) is 29.5 Å². The maximum atomic E-state index is 11.5. The molecule has 1 aromatic carbocycles. The van der Waals surface area contributed by atoms with E-state index in [1.807, 2.05) is 25.1 Å². The van der Waals surface area contributed by atoms with Crippen molar-refractivity contribution in [2.75, 3.05) is 6.61 Å². The lowest BCUT2D eigenvalue weighted by molar-refractivity contribution is -0.149. The molecule has 0 aliphatic carbocycles. The van der Waals surface area contributed by atoms with Crippen LogP contribution in [-0.2, 0) is 21.6 Å². The molecule has 1 aliphatic heterocycles. The smallest absolute Gasteiger partial charge is 0.306 e. The topological polar surface area (TPSA) is 62.3 Å². The van der Waals surface area contributed by atoms with E-state index in [9.17, 15) is 9.90 Å². The molecule has 0 spiro atoms. The molecule has 0 saturated heterocycles. The Hall–Kier alpha value is -1.49. The molecule has 1 unspecified atom stereocenters. The van der Waals surface area contributed by atoms with Crippen LogP contribution >= 0.6 is 23.2 Å². The number of H-pyrrole nitrogens is 1.